The minimum absolute atomic E-state index is 0.110. The van der Waals surface area contributed by atoms with Gasteiger partial charge in [-0.05, 0) is 45.8 Å². The van der Waals surface area contributed by atoms with Crippen LogP contribution in [0.4, 0.5) is 5.69 Å². The van der Waals surface area contributed by atoms with E-state index in [2.05, 4.69) is 25.3 Å². The van der Waals surface area contributed by atoms with Crippen molar-refractivity contribution in [2.75, 3.05) is 31.1 Å². The zero-order chi connectivity index (χ0) is 28.0. The molecule has 206 valence electrons. The van der Waals surface area contributed by atoms with Gasteiger partial charge in [0.2, 0.25) is 5.71 Å². The van der Waals surface area contributed by atoms with Crippen molar-refractivity contribution < 1.29 is 29.5 Å². The number of carbonyl (C=O) groups is 2. The SMILES string of the molecule is CCCCC(CC)C[N+](CC)=C1C=CC(=C2C(=O)C(O)C(c3ccc(N(CC)CC)cc3O)C2=O)C(O)=C1. The van der Waals surface area contributed by atoms with Crippen LogP contribution in [0.1, 0.15) is 71.8 Å². The van der Waals surface area contributed by atoms with Crippen molar-refractivity contribution >= 4 is 23.0 Å². The first-order valence-corrected chi connectivity index (χ1v) is 14.0. The maximum atomic E-state index is 13.5. The molecular weight excluding hydrogens is 480 g/mol. The monoisotopic (exact) mass is 523 g/mol. The number of Topliss-reactive ketones (excluding diaryl/α,β-unsaturated/α-hetero) is 2. The second kappa shape index (κ2) is 13.1. The number of allylic oxidation sites excluding steroid dienone is 3. The van der Waals surface area contributed by atoms with Crippen LogP contribution in [0.3, 0.4) is 0 Å². The first-order valence-electron chi connectivity index (χ1n) is 14.0. The summed E-state index contributed by atoms with van der Waals surface area (Å²) in [6.45, 7) is 13.6. The lowest BCUT2D eigenvalue weighted by molar-refractivity contribution is -0.530. The Bertz CT molecular complexity index is 1170. The van der Waals surface area contributed by atoms with Crippen LogP contribution >= 0.6 is 0 Å². The van der Waals surface area contributed by atoms with E-state index in [4.69, 9.17) is 0 Å². The lowest BCUT2D eigenvalue weighted by atomic mass is 9.92. The van der Waals surface area contributed by atoms with E-state index in [9.17, 15) is 24.9 Å². The highest BCUT2D eigenvalue weighted by Gasteiger charge is 2.48. The molecule has 1 aromatic rings. The average Bonchev–Trinajstić information content (AvgIpc) is 3.12. The lowest BCUT2D eigenvalue weighted by Crippen LogP contribution is -2.26. The zero-order valence-electron chi connectivity index (χ0n) is 23.4. The number of hydrogen-bond acceptors (Lipinski definition) is 6. The second-order valence-electron chi connectivity index (χ2n) is 10.1. The standard InChI is InChI=1S/C31H42N2O5/c1-6-11-12-20(7-2)19-33(10-5)22-14-16-24(26(35)18-22)28-29(36)27(30(37)31(28)38)23-15-13-21(17-25(23)34)32(8-3)9-4/h13-18,20,27,30,34,37H,6-12,19H2,1-5H3/p+1. The lowest BCUT2D eigenvalue weighted by Gasteiger charge is -2.22. The van der Waals surface area contributed by atoms with Crippen molar-refractivity contribution in [3.8, 4) is 5.75 Å². The van der Waals surface area contributed by atoms with E-state index in [0.29, 0.717) is 5.92 Å². The maximum Gasteiger partial charge on any atom is 0.203 e. The van der Waals surface area contributed by atoms with Gasteiger partial charge >= 0.3 is 0 Å². The molecule has 0 bridgehead atoms. The molecule has 1 aromatic carbocycles. The van der Waals surface area contributed by atoms with E-state index >= 15 is 0 Å². The molecule has 0 amide bonds. The third kappa shape index (κ3) is 5.93. The molecule has 1 fully saturated rings. The molecule has 2 aliphatic carbocycles. The number of nitrogens with zero attached hydrogens (tertiary/aromatic N) is 2. The van der Waals surface area contributed by atoms with E-state index in [1.807, 2.05) is 24.8 Å². The summed E-state index contributed by atoms with van der Waals surface area (Å²) < 4.78 is 2.20. The zero-order valence-corrected chi connectivity index (χ0v) is 23.4. The summed E-state index contributed by atoms with van der Waals surface area (Å²) in [5.74, 6) is -2.34. The number of aliphatic hydroxyl groups is 2. The van der Waals surface area contributed by atoms with E-state index < -0.39 is 23.6 Å². The molecule has 3 unspecified atom stereocenters. The molecule has 0 radical (unpaired) electrons. The molecule has 0 heterocycles. The van der Waals surface area contributed by atoms with Gasteiger partial charge in [0.25, 0.3) is 0 Å². The Hall–Kier alpha value is -3.19. The van der Waals surface area contributed by atoms with Crippen LogP contribution in [-0.4, -0.2) is 69.5 Å². The number of anilines is 1. The quantitative estimate of drug-likeness (QED) is 0.218. The molecule has 2 aliphatic rings. The Balaban J connectivity index is 1.94. The second-order valence-corrected chi connectivity index (χ2v) is 10.1. The molecule has 0 saturated heterocycles. The summed E-state index contributed by atoms with van der Waals surface area (Å²) >= 11 is 0. The van der Waals surface area contributed by atoms with Crippen LogP contribution in [0.5, 0.6) is 5.75 Å². The van der Waals surface area contributed by atoms with E-state index in [-0.39, 0.29) is 28.2 Å². The molecule has 3 atom stereocenters. The minimum atomic E-state index is -1.63. The minimum Gasteiger partial charge on any atom is -0.508 e. The molecular formula is C31H43N2O5+. The number of rotatable bonds is 11. The maximum absolute atomic E-state index is 13.5. The number of benzene rings is 1. The van der Waals surface area contributed by atoms with Gasteiger partial charge in [0, 0.05) is 48.0 Å². The first-order chi connectivity index (χ1) is 18.2. The van der Waals surface area contributed by atoms with Gasteiger partial charge in [-0.3, -0.25) is 9.59 Å². The molecule has 1 saturated carbocycles. The van der Waals surface area contributed by atoms with Gasteiger partial charge in [0.15, 0.2) is 11.6 Å². The number of phenols is 1. The van der Waals surface area contributed by atoms with Crippen LogP contribution in [0.15, 0.2) is 53.3 Å². The van der Waals surface area contributed by atoms with Crippen LogP contribution in [0.25, 0.3) is 0 Å². The van der Waals surface area contributed by atoms with Crippen LogP contribution in [0, 0.1) is 5.92 Å². The van der Waals surface area contributed by atoms with Gasteiger partial charge in [0.05, 0.1) is 17.6 Å². The van der Waals surface area contributed by atoms with E-state index in [0.717, 1.165) is 56.8 Å². The fraction of sp³-hybridized carbons (Fsp3) is 0.516. The number of unbranched alkanes of at least 4 members (excludes halogenated alkanes) is 1. The third-order valence-corrected chi connectivity index (χ3v) is 7.86. The number of hydrogen-bond donors (Lipinski definition) is 3. The predicted octanol–water partition coefficient (Wildman–Crippen LogP) is 4.83. The highest BCUT2D eigenvalue weighted by molar-refractivity contribution is 6.31. The first kappa shape index (κ1) is 29.4. The van der Waals surface area contributed by atoms with Gasteiger partial charge in [-0.1, -0.05) is 32.8 Å². The molecule has 3 N–H and O–H groups in total. The van der Waals surface area contributed by atoms with Crippen molar-refractivity contribution in [2.24, 2.45) is 5.92 Å². The molecule has 0 aliphatic heterocycles. The Morgan fingerprint density at radius 1 is 1.00 bits per heavy atom. The van der Waals surface area contributed by atoms with Crippen molar-refractivity contribution in [1.29, 1.82) is 0 Å². The molecule has 3 rings (SSSR count). The molecule has 7 nitrogen and oxygen atoms in total. The van der Waals surface area contributed by atoms with Gasteiger partial charge < -0.3 is 20.2 Å². The number of aromatic hydroxyl groups is 1. The number of ketones is 2. The number of phenolic OH excluding ortho intramolecular Hbond substituents is 1. The summed E-state index contributed by atoms with van der Waals surface area (Å²) in [6, 6.07) is 4.93. The highest BCUT2D eigenvalue weighted by atomic mass is 16.3. The summed E-state index contributed by atoms with van der Waals surface area (Å²) in [5, 5.41) is 32.4. The Morgan fingerprint density at radius 3 is 2.26 bits per heavy atom. The van der Waals surface area contributed by atoms with Gasteiger partial charge in [-0.15, -0.1) is 0 Å². The van der Waals surface area contributed by atoms with E-state index in [1.165, 1.54) is 6.42 Å². The Labute approximate surface area is 226 Å². The average molecular weight is 524 g/mol. The fourth-order valence-corrected chi connectivity index (χ4v) is 5.45. The predicted molar refractivity (Wildman–Crippen MR) is 151 cm³/mol. The summed E-state index contributed by atoms with van der Waals surface area (Å²) in [4.78, 5) is 28.6. The summed E-state index contributed by atoms with van der Waals surface area (Å²) in [5.41, 5.74) is 1.70. The van der Waals surface area contributed by atoms with Gasteiger partial charge in [0.1, 0.15) is 30.7 Å². The van der Waals surface area contributed by atoms with Crippen molar-refractivity contribution in [3.63, 3.8) is 0 Å². The number of carbonyl (C=O) groups excluding carboxylic acids is 2. The number of aliphatic hydroxyl groups excluding tert-OH is 2. The van der Waals surface area contributed by atoms with Crippen molar-refractivity contribution in [1.82, 2.24) is 0 Å². The molecule has 38 heavy (non-hydrogen) atoms. The summed E-state index contributed by atoms with van der Waals surface area (Å²) in [6.07, 6.45) is 7.93. The fourth-order valence-electron chi connectivity index (χ4n) is 5.45. The molecule has 0 spiro atoms. The van der Waals surface area contributed by atoms with Crippen molar-refractivity contribution in [3.05, 3.63) is 58.9 Å². The normalized spacial score (nSPS) is 23.6. The Morgan fingerprint density at radius 2 is 1.71 bits per heavy atom. The Kier molecular flexibility index (Phi) is 10.1. The topological polar surface area (TPSA) is 101 Å². The highest BCUT2D eigenvalue weighted by Crippen LogP contribution is 2.40. The van der Waals surface area contributed by atoms with E-state index in [1.54, 1.807) is 30.4 Å². The van der Waals surface area contributed by atoms with Gasteiger partial charge in [-0.2, -0.15) is 0 Å². The summed E-state index contributed by atoms with van der Waals surface area (Å²) in [7, 11) is 0. The van der Waals surface area contributed by atoms with Gasteiger partial charge in [-0.25, -0.2) is 4.58 Å². The molecule has 7 heteroatoms. The van der Waals surface area contributed by atoms with Crippen molar-refractivity contribution in [2.45, 2.75) is 72.3 Å². The van der Waals surface area contributed by atoms with Crippen LogP contribution in [-0.2, 0) is 9.59 Å². The van der Waals surface area contributed by atoms with Crippen LogP contribution in [0.2, 0.25) is 0 Å². The third-order valence-electron chi connectivity index (χ3n) is 7.86. The largest absolute Gasteiger partial charge is 0.508 e. The van der Waals surface area contributed by atoms with Crippen LogP contribution < -0.4 is 4.90 Å². The smallest absolute Gasteiger partial charge is 0.203 e. The molecule has 0 aromatic heterocycles.